The van der Waals surface area contributed by atoms with Crippen molar-refractivity contribution in [2.45, 2.75) is 285 Å². The molecule has 0 aliphatic carbocycles. The first-order valence-corrected chi connectivity index (χ1v) is 34.6. The van der Waals surface area contributed by atoms with E-state index in [0.717, 1.165) is 116 Å². The third-order valence-corrected chi connectivity index (χ3v) is 16.1. The molecule has 0 bridgehead atoms. The van der Waals surface area contributed by atoms with Gasteiger partial charge in [-0.25, -0.2) is 0 Å². The lowest BCUT2D eigenvalue weighted by Crippen LogP contribution is -2.66. The van der Waals surface area contributed by atoms with Gasteiger partial charge in [-0.15, -0.1) is 0 Å². The zero-order chi connectivity index (χ0) is 67.5. The zero-order valence-electron chi connectivity index (χ0n) is 55.7. The summed E-state index contributed by atoms with van der Waals surface area (Å²) in [6.07, 6.45) is 50.4. The van der Waals surface area contributed by atoms with Crippen LogP contribution in [0.15, 0.2) is 146 Å². The second-order valence-corrected chi connectivity index (χ2v) is 23.9. The number of rotatable bonds is 50. The summed E-state index contributed by atoms with van der Waals surface area (Å²) in [4.78, 5) is 13.3. The highest BCUT2D eigenvalue weighted by molar-refractivity contribution is 5.76. The molecule has 0 aromatic heterocycles. The van der Waals surface area contributed by atoms with E-state index in [-0.39, 0.29) is 18.9 Å². The van der Waals surface area contributed by atoms with Crippen LogP contribution in [0.2, 0.25) is 0 Å². The van der Waals surface area contributed by atoms with Crippen LogP contribution in [0.1, 0.15) is 181 Å². The number of nitrogens with one attached hydrogen (secondary N) is 1. The molecular formula is C74H119NO18. The fourth-order valence-corrected chi connectivity index (χ4v) is 10.5. The highest BCUT2D eigenvalue weighted by Gasteiger charge is 2.53. The predicted octanol–water partition coefficient (Wildman–Crippen LogP) is 9.15. The van der Waals surface area contributed by atoms with Gasteiger partial charge in [0, 0.05) is 6.42 Å². The van der Waals surface area contributed by atoms with Crippen molar-refractivity contribution in [3.8, 4) is 0 Å². The SMILES string of the molecule is CC/C=C\C/C=C\C/C=C\C/C=C\C/C=C\C/C=C\C/C=C\C/C=C\C/C=C\C/C=C\CCCCCCCCCCCCC(=O)NC(COC1OC(CO)C(OC2OC(CO)C(OC3OC(CO)C(O)C(O)C3O)C(O)C2O)C(O)C1O)C(O)/C=C/CC/C=C/CCC. The molecule has 3 heterocycles. The van der Waals surface area contributed by atoms with E-state index in [1.165, 1.54) is 32.1 Å². The molecule has 12 N–H and O–H groups in total. The Bertz CT molecular complexity index is 2250. The van der Waals surface area contributed by atoms with Gasteiger partial charge in [-0.05, 0) is 103 Å². The number of carbonyl (C=O) groups is 1. The minimum Gasteiger partial charge on any atom is -0.394 e. The van der Waals surface area contributed by atoms with Crippen molar-refractivity contribution in [1.29, 1.82) is 0 Å². The second-order valence-electron chi connectivity index (χ2n) is 23.9. The predicted molar refractivity (Wildman–Crippen MR) is 364 cm³/mol. The Morgan fingerprint density at radius 3 is 1.19 bits per heavy atom. The molecule has 3 fully saturated rings. The van der Waals surface area contributed by atoms with Gasteiger partial charge in [0.25, 0.3) is 0 Å². The Kier molecular flexibility index (Phi) is 47.9. The molecule has 3 aliphatic heterocycles. The Balaban J connectivity index is 1.28. The normalized spacial score (nSPS) is 28.5. The number of aliphatic hydroxyl groups is 11. The van der Waals surface area contributed by atoms with E-state index >= 15 is 0 Å². The maximum absolute atomic E-state index is 13.3. The molecule has 0 aromatic carbocycles. The third-order valence-electron chi connectivity index (χ3n) is 16.1. The molecule has 0 saturated carbocycles. The lowest BCUT2D eigenvalue weighted by atomic mass is 9.96. The summed E-state index contributed by atoms with van der Waals surface area (Å²) >= 11 is 0. The summed E-state index contributed by atoms with van der Waals surface area (Å²) in [7, 11) is 0. The first-order chi connectivity index (χ1) is 45.3. The number of unbranched alkanes of at least 4 members (excludes halogenated alkanes) is 12. The highest BCUT2D eigenvalue weighted by atomic mass is 16.8. The van der Waals surface area contributed by atoms with Crippen molar-refractivity contribution in [3.05, 3.63) is 146 Å². The highest BCUT2D eigenvalue weighted by Crippen LogP contribution is 2.33. The Morgan fingerprint density at radius 2 is 0.753 bits per heavy atom. The van der Waals surface area contributed by atoms with Gasteiger partial charge in [-0.2, -0.15) is 0 Å². The fourth-order valence-electron chi connectivity index (χ4n) is 10.5. The number of allylic oxidation sites excluding steroid dienone is 23. The van der Waals surface area contributed by atoms with Gasteiger partial charge in [-0.3, -0.25) is 4.79 Å². The summed E-state index contributed by atoms with van der Waals surface area (Å²) in [5.74, 6) is -0.303. The van der Waals surface area contributed by atoms with Crippen molar-refractivity contribution >= 4 is 5.91 Å². The number of ether oxygens (including phenoxy) is 6. The standard InChI is InChI=1S/C74H119NO18/c1-3-5-7-9-11-12-13-14-15-16-17-18-19-20-21-22-23-24-25-26-27-28-29-30-31-32-33-34-35-36-37-38-39-40-41-42-43-44-46-48-50-52-62(80)75-57(58(79)51-49-47-45-10-8-6-4-2)56-88-72-68(86)65(83)70(60(54-77)90-72)93-74-69(87)66(84)71(61(55-78)91-74)92-73-67(85)64(82)63(81)59(53-76)89-73/h5,7-8,10-12,14-15,17-18,20-21,23-24,26-27,29-30,32-33,35-36,49,51,57-61,63-74,76-79,81-87H,3-4,6,9,13,16,19,22,25,28,31,34,37-48,50,52-56H2,1-2H3,(H,75,80)/b7-5-,10-8+,12-11-,15-14-,18-17-,21-20-,24-23-,27-26-,30-29-,33-32-,36-35-,51-49+. The van der Waals surface area contributed by atoms with Gasteiger partial charge in [0.05, 0.1) is 38.6 Å². The van der Waals surface area contributed by atoms with E-state index in [4.69, 9.17) is 28.4 Å². The summed E-state index contributed by atoms with van der Waals surface area (Å²) < 4.78 is 34.1. The van der Waals surface area contributed by atoms with Crippen LogP contribution in [-0.2, 0) is 33.2 Å². The quantitative estimate of drug-likeness (QED) is 0.0199. The molecular weight excluding hydrogens is 1190 g/mol. The lowest BCUT2D eigenvalue weighted by molar-refractivity contribution is -0.379. The first kappa shape index (κ1) is 82.9. The van der Waals surface area contributed by atoms with Gasteiger partial charge < -0.3 is 89.9 Å². The van der Waals surface area contributed by atoms with E-state index in [1.54, 1.807) is 12.2 Å². The summed E-state index contributed by atoms with van der Waals surface area (Å²) in [5.41, 5.74) is 0. The zero-order valence-corrected chi connectivity index (χ0v) is 55.7. The Morgan fingerprint density at radius 1 is 0.398 bits per heavy atom. The molecule has 17 unspecified atom stereocenters. The molecule has 19 heteroatoms. The van der Waals surface area contributed by atoms with Gasteiger partial charge in [0.15, 0.2) is 18.9 Å². The lowest BCUT2D eigenvalue weighted by Gasteiger charge is -2.48. The van der Waals surface area contributed by atoms with Crippen LogP contribution >= 0.6 is 0 Å². The van der Waals surface area contributed by atoms with Crippen LogP contribution in [-0.4, -0.2) is 193 Å². The minimum atomic E-state index is -1.99. The van der Waals surface area contributed by atoms with Crippen LogP contribution in [0.25, 0.3) is 0 Å². The number of hydrogen-bond acceptors (Lipinski definition) is 18. The van der Waals surface area contributed by atoms with E-state index in [1.807, 2.05) is 0 Å². The van der Waals surface area contributed by atoms with Gasteiger partial charge in [0.2, 0.25) is 5.91 Å². The molecule has 1 amide bonds. The molecule has 0 spiro atoms. The van der Waals surface area contributed by atoms with Crippen LogP contribution in [0.4, 0.5) is 0 Å². The van der Waals surface area contributed by atoms with E-state index in [9.17, 15) is 61.0 Å². The second kappa shape index (κ2) is 53.8. The van der Waals surface area contributed by atoms with Crippen molar-refractivity contribution in [3.63, 3.8) is 0 Å². The van der Waals surface area contributed by atoms with Crippen LogP contribution < -0.4 is 5.32 Å². The maximum atomic E-state index is 13.3. The average molecular weight is 1310 g/mol. The van der Waals surface area contributed by atoms with Crippen molar-refractivity contribution in [2.75, 3.05) is 26.4 Å². The number of hydrogen-bond donors (Lipinski definition) is 12. The van der Waals surface area contributed by atoms with Crippen molar-refractivity contribution in [2.24, 2.45) is 0 Å². The molecule has 0 radical (unpaired) electrons. The Labute approximate surface area is 555 Å². The fraction of sp³-hybridized carbons (Fsp3) is 0.662. The monoisotopic (exact) mass is 1310 g/mol. The van der Waals surface area contributed by atoms with Crippen LogP contribution in [0.5, 0.6) is 0 Å². The molecule has 19 nitrogen and oxygen atoms in total. The van der Waals surface area contributed by atoms with Gasteiger partial charge >= 0.3 is 0 Å². The van der Waals surface area contributed by atoms with Crippen LogP contribution in [0, 0.1) is 0 Å². The van der Waals surface area contributed by atoms with E-state index in [2.05, 4.69) is 153 Å². The van der Waals surface area contributed by atoms with Gasteiger partial charge in [0.1, 0.15) is 73.2 Å². The van der Waals surface area contributed by atoms with Crippen LogP contribution in [0.3, 0.4) is 0 Å². The molecule has 528 valence electrons. The minimum absolute atomic E-state index is 0.220. The van der Waals surface area contributed by atoms with Crippen molar-refractivity contribution in [1.82, 2.24) is 5.32 Å². The molecule has 93 heavy (non-hydrogen) atoms. The molecule has 3 saturated heterocycles. The molecule has 3 rings (SSSR count). The summed E-state index contributed by atoms with van der Waals surface area (Å²) in [5, 5.41) is 120. The van der Waals surface area contributed by atoms with Gasteiger partial charge in [-0.1, -0.05) is 217 Å². The average Bonchev–Trinajstić information content (AvgIpc) is 0.798. The van der Waals surface area contributed by atoms with Crippen molar-refractivity contribution < 1.29 is 89.4 Å². The third kappa shape index (κ3) is 35.5. The Hall–Kier alpha value is -4.33. The maximum Gasteiger partial charge on any atom is 0.220 e. The van der Waals surface area contributed by atoms with E-state index < -0.39 is 124 Å². The number of aliphatic hydroxyl groups excluding tert-OH is 11. The van der Waals surface area contributed by atoms with E-state index in [0.29, 0.717) is 12.8 Å². The molecule has 17 atom stereocenters. The smallest absolute Gasteiger partial charge is 0.220 e. The molecule has 3 aliphatic rings. The molecule has 0 aromatic rings. The summed E-state index contributed by atoms with van der Waals surface area (Å²) in [6, 6.07) is -0.999. The number of carbonyl (C=O) groups excluding carboxylic acids is 1. The first-order valence-electron chi connectivity index (χ1n) is 34.6. The summed E-state index contributed by atoms with van der Waals surface area (Å²) in [6.45, 7) is 1.43. The number of amides is 1. The topological polar surface area (TPSA) is 307 Å². The largest absolute Gasteiger partial charge is 0.394 e.